The summed E-state index contributed by atoms with van der Waals surface area (Å²) in [6, 6.07) is 0. The summed E-state index contributed by atoms with van der Waals surface area (Å²) < 4.78 is 6.72. The number of halogens is 1. The summed E-state index contributed by atoms with van der Waals surface area (Å²) in [6.07, 6.45) is 1.50. The van der Waals surface area contributed by atoms with Crippen LogP contribution in [0.15, 0.2) is 15.2 Å². The maximum Gasteiger partial charge on any atom is 0.404 e. The van der Waals surface area contributed by atoms with Crippen molar-refractivity contribution in [2.24, 2.45) is 0 Å². The molecular formula is C9H10BrN5O3. The molecule has 2 rings (SSSR count). The minimum atomic E-state index is -0.562. The van der Waals surface area contributed by atoms with Crippen molar-refractivity contribution in [3.63, 3.8) is 0 Å². The van der Waals surface area contributed by atoms with E-state index in [1.165, 1.54) is 10.9 Å². The van der Waals surface area contributed by atoms with Gasteiger partial charge in [-0.3, -0.25) is 0 Å². The summed E-state index contributed by atoms with van der Waals surface area (Å²) in [5, 5.41) is 18.2. The lowest BCUT2D eigenvalue weighted by molar-refractivity contribution is -0.390. The predicted octanol–water partition coefficient (Wildman–Crippen LogP) is 2.11. The van der Waals surface area contributed by atoms with E-state index >= 15 is 0 Å². The number of nitro groups is 1. The van der Waals surface area contributed by atoms with E-state index in [2.05, 4.69) is 31.2 Å². The molecule has 2 aromatic heterocycles. The van der Waals surface area contributed by atoms with Gasteiger partial charge in [-0.1, -0.05) is 19.0 Å². The number of aromatic nitrogens is 4. The van der Waals surface area contributed by atoms with Gasteiger partial charge in [-0.15, -0.1) is 0 Å². The average Bonchev–Trinajstić information content (AvgIpc) is 2.86. The van der Waals surface area contributed by atoms with E-state index in [-0.39, 0.29) is 18.3 Å². The van der Waals surface area contributed by atoms with Gasteiger partial charge in [0.1, 0.15) is 11.0 Å². The van der Waals surface area contributed by atoms with Gasteiger partial charge in [0, 0.05) is 5.92 Å². The van der Waals surface area contributed by atoms with Crippen molar-refractivity contribution in [2.45, 2.75) is 26.3 Å². The highest BCUT2D eigenvalue weighted by Gasteiger charge is 2.20. The smallest absolute Gasteiger partial charge is 0.358 e. The summed E-state index contributed by atoms with van der Waals surface area (Å²) in [5.41, 5.74) is 0. The first-order valence-electron chi connectivity index (χ1n) is 5.17. The van der Waals surface area contributed by atoms with Gasteiger partial charge < -0.3 is 14.6 Å². The molecule has 0 radical (unpaired) electrons. The Morgan fingerprint density at radius 1 is 1.61 bits per heavy atom. The quantitative estimate of drug-likeness (QED) is 0.632. The van der Waals surface area contributed by atoms with E-state index in [0.29, 0.717) is 16.2 Å². The lowest BCUT2D eigenvalue weighted by atomic mass is 10.2. The molecule has 0 bridgehead atoms. The Morgan fingerprint density at radius 2 is 2.33 bits per heavy atom. The normalized spacial score (nSPS) is 11.1. The van der Waals surface area contributed by atoms with Crippen LogP contribution < -0.4 is 0 Å². The van der Waals surface area contributed by atoms with Gasteiger partial charge >= 0.3 is 5.82 Å². The topological polar surface area (TPSA) is 99.9 Å². The van der Waals surface area contributed by atoms with Crippen LogP contribution in [0.4, 0.5) is 5.82 Å². The van der Waals surface area contributed by atoms with E-state index in [1.807, 2.05) is 13.8 Å². The molecule has 0 atom stereocenters. The van der Waals surface area contributed by atoms with Crippen molar-refractivity contribution in [1.29, 1.82) is 0 Å². The van der Waals surface area contributed by atoms with Crippen LogP contribution in [0.5, 0.6) is 0 Å². The number of rotatable bonds is 4. The van der Waals surface area contributed by atoms with Gasteiger partial charge in [-0.05, 0) is 20.9 Å². The SMILES string of the molecule is CC(C)c1noc(Cn2cc(Br)c([N+](=O)[O-])n2)n1. The first-order chi connectivity index (χ1) is 8.47. The number of nitrogens with zero attached hydrogens (tertiary/aromatic N) is 5. The average molecular weight is 316 g/mol. The van der Waals surface area contributed by atoms with Crippen LogP contribution in [0.3, 0.4) is 0 Å². The molecule has 0 fully saturated rings. The third kappa shape index (κ3) is 2.55. The van der Waals surface area contributed by atoms with E-state index in [4.69, 9.17) is 4.52 Å². The molecule has 0 aromatic carbocycles. The van der Waals surface area contributed by atoms with Crippen LogP contribution in [0, 0.1) is 10.1 Å². The predicted molar refractivity (Wildman–Crippen MR) is 64.1 cm³/mol. The van der Waals surface area contributed by atoms with E-state index < -0.39 is 4.92 Å². The van der Waals surface area contributed by atoms with Gasteiger partial charge in [0.2, 0.25) is 5.89 Å². The Kier molecular flexibility index (Phi) is 3.41. The lowest BCUT2D eigenvalue weighted by Crippen LogP contribution is -2.02. The Labute approximate surface area is 110 Å². The zero-order chi connectivity index (χ0) is 13.3. The fourth-order valence-electron chi connectivity index (χ4n) is 1.30. The van der Waals surface area contributed by atoms with Crippen LogP contribution in [0.1, 0.15) is 31.5 Å². The summed E-state index contributed by atoms with van der Waals surface area (Å²) in [5.74, 6) is 0.897. The Bertz CT molecular complexity index is 577. The van der Waals surface area contributed by atoms with Crippen LogP contribution in [0.25, 0.3) is 0 Å². The Morgan fingerprint density at radius 3 is 2.83 bits per heavy atom. The van der Waals surface area contributed by atoms with Gasteiger partial charge in [0.05, 0.1) is 11.3 Å². The van der Waals surface area contributed by atoms with Gasteiger partial charge in [0.25, 0.3) is 0 Å². The second-order valence-electron chi connectivity index (χ2n) is 3.96. The summed E-state index contributed by atoms with van der Waals surface area (Å²) in [6.45, 7) is 4.10. The zero-order valence-electron chi connectivity index (χ0n) is 9.70. The second kappa shape index (κ2) is 4.84. The minimum Gasteiger partial charge on any atom is -0.358 e. The molecule has 2 heterocycles. The van der Waals surface area contributed by atoms with E-state index in [0.717, 1.165) is 0 Å². The Balaban J connectivity index is 2.18. The molecule has 0 amide bonds. The highest BCUT2D eigenvalue weighted by Crippen LogP contribution is 2.22. The van der Waals surface area contributed by atoms with Crippen LogP contribution in [-0.4, -0.2) is 24.8 Å². The monoisotopic (exact) mass is 315 g/mol. The van der Waals surface area contributed by atoms with Crippen molar-refractivity contribution < 1.29 is 9.45 Å². The molecule has 0 saturated heterocycles. The van der Waals surface area contributed by atoms with Gasteiger partial charge in [0.15, 0.2) is 5.82 Å². The summed E-state index contributed by atoms with van der Waals surface area (Å²) in [7, 11) is 0. The highest BCUT2D eigenvalue weighted by atomic mass is 79.9. The summed E-state index contributed by atoms with van der Waals surface area (Å²) in [4.78, 5) is 14.2. The molecule has 8 nitrogen and oxygen atoms in total. The molecule has 0 N–H and O–H groups in total. The Hall–Kier alpha value is -1.77. The summed E-state index contributed by atoms with van der Waals surface area (Å²) >= 11 is 3.07. The molecule has 0 unspecified atom stereocenters. The third-order valence-corrected chi connectivity index (χ3v) is 2.73. The van der Waals surface area contributed by atoms with Gasteiger partial charge in [-0.2, -0.15) is 9.67 Å². The standard InChI is InChI=1S/C9H10BrN5O3/c1-5(2)8-11-7(18-13-8)4-14-3-6(10)9(12-14)15(16)17/h3,5H,4H2,1-2H3. The lowest BCUT2D eigenvalue weighted by Gasteiger charge is -1.92. The fraction of sp³-hybridized carbons (Fsp3) is 0.444. The fourth-order valence-corrected chi connectivity index (χ4v) is 1.76. The van der Waals surface area contributed by atoms with Crippen molar-refractivity contribution in [1.82, 2.24) is 19.9 Å². The molecule has 0 spiro atoms. The van der Waals surface area contributed by atoms with Crippen LogP contribution >= 0.6 is 15.9 Å². The van der Waals surface area contributed by atoms with Crippen molar-refractivity contribution in [2.75, 3.05) is 0 Å². The van der Waals surface area contributed by atoms with Crippen LogP contribution in [0.2, 0.25) is 0 Å². The van der Waals surface area contributed by atoms with Crippen molar-refractivity contribution >= 4 is 21.7 Å². The largest absolute Gasteiger partial charge is 0.404 e. The first-order valence-corrected chi connectivity index (χ1v) is 5.96. The highest BCUT2D eigenvalue weighted by molar-refractivity contribution is 9.10. The van der Waals surface area contributed by atoms with E-state index in [9.17, 15) is 10.1 Å². The third-order valence-electron chi connectivity index (χ3n) is 2.17. The molecule has 2 aromatic rings. The second-order valence-corrected chi connectivity index (χ2v) is 4.81. The van der Waals surface area contributed by atoms with E-state index in [1.54, 1.807) is 0 Å². The van der Waals surface area contributed by atoms with Crippen molar-refractivity contribution in [3.05, 3.63) is 32.5 Å². The minimum absolute atomic E-state index is 0.168. The zero-order valence-corrected chi connectivity index (χ0v) is 11.3. The molecule has 0 aliphatic rings. The first kappa shape index (κ1) is 12.7. The van der Waals surface area contributed by atoms with Crippen molar-refractivity contribution in [3.8, 4) is 0 Å². The van der Waals surface area contributed by atoms with Crippen LogP contribution in [-0.2, 0) is 6.54 Å². The number of hydrogen-bond acceptors (Lipinski definition) is 6. The molecule has 0 aliphatic carbocycles. The maximum absolute atomic E-state index is 10.6. The molecule has 0 aliphatic heterocycles. The molecule has 9 heteroatoms. The molecule has 18 heavy (non-hydrogen) atoms. The molecular weight excluding hydrogens is 306 g/mol. The maximum atomic E-state index is 10.6. The molecule has 96 valence electrons. The molecule has 0 saturated carbocycles. The number of hydrogen-bond donors (Lipinski definition) is 0. The van der Waals surface area contributed by atoms with Gasteiger partial charge in [-0.25, -0.2) is 0 Å².